The Kier molecular flexibility index (Phi) is 15.0. The molecule has 1 atom stereocenters. The van der Waals surface area contributed by atoms with Crippen molar-refractivity contribution in [2.75, 3.05) is 5.73 Å². The molecule has 1 aliphatic rings. The highest BCUT2D eigenvalue weighted by Gasteiger charge is 2.29. The smallest absolute Gasteiger partial charge is 0.338 e. The van der Waals surface area contributed by atoms with Crippen LogP contribution in [0.2, 0.25) is 0 Å². The fourth-order valence-electron chi connectivity index (χ4n) is 7.45. The lowest BCUT2D eigenvalue weighted by atomic mass is 9.78. The van der Waals surface area contributed by atoms with Crippen molar-refractivity contribution in [3.05, 3.63) is 75.8 Å². The molecule has 7 heteroatoms. The average molecular weight is 671 g/mol. The number of carbonyl (C=O) groups is 1. The zero-order chi connectivity index (χ0) is 35.2. The summed E-state index contributed by atoms with van der Waals surface area (Å²) in [6.07, 6.45) is 20.9. The van der Waals surface area contributed by atoms with Crippen molar-refractivity contribution >= 4 is 17.3 Å². The Labute approximate surface area is 293 Å². The number of nitro benzene ring substituents is 1. The van der Waals surface area contributed by atoms with Gasteiger partial charge in [-0.3, -0.25) is 10.1 Å². The highest BCUT2D eigenvalue weighted by Crippen LogP contribution is 2.45. The number of nitro groups is 1. The van der Waals surface area contributed by atoms with Crippen LogP contribution >= 0.6 is 0 Å². The van der Waals surface area contributed by atoms with Gasteiger partial charge in [0, 0.05) is 6.07 Å². The second-order valence-corrected chi connectivity index (χ2v) is 14.3. The fraction of sp³-hybridized carbons (Fsp3) is 0.548. The van der Waals surface area contributed by atoms with Gasteiger partial charge < -0.3 is 15.6 Å². The zero-order valence-corrected chi connectivity index (χ0v) is 30.1. The van der Waals surface area contributed by atoms with Crippen LogP contribution in [-0.4, -0.2) is 22.1 Å². The Morgan fingerprint density at radius 1 is 0.837 bits per heavy atom. The number of hydrogen-bond donors (Lipinski definition) is 2. The van der Waals surface area contributed by atoms with E-state index < -0.39 is 16.6 Å². The number of hydrogen-bond acceptors (Lipinski definition) is 5. The van der Waals surface area contributed by atoms with Crippen molar-refractivity contribution in [2.45, 2.75) is 136 Å². The average Bonchev–Trinajstić information content (AvgIpc) is 3.09. The van der Waals surface area contributed by atoms with E-state index in [4.69, 9.17) is 10.5 Å². The van der Waals surface area contributed by atoms with Crippen LogP contribution in [0.4, 0.5) is 11.4 Å². The highest BCUT2D eigenvalue weighted by molar-refractivity contribution is 6.02. The Hall–Kier alpha value is -3.87. The Morgan fingerprint density at radius 2 is 1.37 bits per heavy atom. The van der Waals surface area contributed by atoms with Crippen molar-refractivity contribution in [1.29, 1.82) is 0 Å². The summed E-state index contributed by atoms with van der Waals surface area (Å²) < 4.78 is 6.20. The van der Waals surface area contributed by atoms with Gasteiger partial charge in [-0.1, -0.05) is 146 Å². The van der Waals surface area contributed by atoms with Crippen LogP contribution in [0.1, 0.15) is 139 Å². The predicted octanol–water partition coefficient (Wildman–Crippen LogP) is 12.0. The number of nitrogens with zero attached hydrogens (tertiary/aromatic N) is 1. The molecule has 0 aliphatic heterocycles. The summed E-state index contributed by atoms with van der Waals surface area (Å²) >= 11 is 0. The molecular weight excluding hydrogens is 612 g/mol. The van der Waals surface area contributed by atoms with E-state index in [1.165, 1.54) is 76.2 Å². The Bertz CT molecular complexity index is 1480. The molecule has 0 aromatic heterocycles. The van der Waals surface area contributed by atoms with Gasteiger partial charge in [-0.2, -0.15) is 0 Å². The summed E-state index contributed by atoms with van der Waals surface area (Å²) in [5, 5.41) is 22.0. The molecule has 4 rings (SSSR count). The molecule has 0 amide bonds. The molecule has 0 saturated heterocycles. The van der Waals surface area contributed by atoms with Gasteiger partial charge in [0.25, 0.3) is 0 Å². The summed E-state index contributed by atoms with van der Waals surface area (Å²) in [6.45, 7) is 6.32. The summed E-state index contributed by atoms with van der Waals surface area (Å²) in [4.78, 5) is 23.6. The van der Waals surface area contributed by atoms with Crippen molar-refractivity contribution in [3.63, 3.8) is 0 Å². The molecule has 0 heterocycles. The normalized spacial score (nSPS) is 16.7. The maximum absolute atomic E-state index is 12.1. The second-order valence-electron chi connectivity index (χ2n) is 14.3. The first-order chi connectivity index (χ1) is 23.7. The summed E-state index contributed by atoms with van der Waals surface area (Å²) in [5.74, 6) is 0.591. The minimum Gasteiger partial charge on any atom is -0.483 e. The summed E-state index contributed by atoms with van der Waals surface area (Å²) in [5.41, 5.74) is 9.88. The van der Waals surface area contributed by atoms with Gasteiger partial charge in [-0.25, -0.2) is 4.79 Å². The number of aromatic carboxylic acids is 1. The van der Waals surface area contributed by atoms with Gasteiger partial charge in [-0.05, 0) is 66.7 Å². The first-order valence-electron chi connectivity index (χ1n) is 18.9. The standard InChI is InChI=1S/C42H58N2O5/c1-4-6-8-10-13-30(3)49-41-38(44(47)48)29-37(42(45)46)40(43)39(41)36-27-25-35(26-28-36)34-23-21-33(22-24-34)16-12-11-15-32-19-17-31(18-20-32)14-9-7-5-2/h21-32H,4-20,43H2,1-3H3,(H,45,46)/t30-,31-,32-/m1/s1. The molecule has 3 aromatic carbocycles. The molecule has 3 N–H and O–H groups in total. The third-order valence-electron chi connectivity index (χ3n) is 10.5. The lowest BCUT2D eigenvalue weighted by Gasteiger charge is -2.28. The molecule has 0 unspecified atom stereocenters. The number of nitrogen functional groups attached to an aromatic ring is 1. The van der Waals surface area contributed by atoms with Gasteiger partial charge in [0.2, 0.25) is 5.75 Å². The van der Waals surface area contributed by atoms with Crippen molar-refractivity contribution in [1.82, 2.24) is 0 Å². The van der Waals surface area contributed by atoms with E-state index in [0.717, 1.165) is 67.6 Å². The van der Waals surface area contributed by atoms with Gasteiger partial charge in [-0.15, -0.1) is 0 Å². The molecular formula is C42H58N2O5. The van der Waals surface area contributed by atoms with Crippen LogP contribution in [0.5, 0.6) is 5.75 Å². The Morgan fingerprint density at radius 3 is 1.92 bits per heavy atom. The van der Waals surface area contributed by atoms with Crippen LogP contribution in [-0.2, 0) is 6.42 Å². The van der Waals surface area contributed by atoms with Gasteiger partial charge in [0.15, 0.2) is 0 Å². The number of ether oxygens (including phenoxy) is 1. The number of aryl methyl sites for hydroxylation is 1. The maximum atomic E-state index is 12.1. The van der Waals surface area contributed by atoms with E-state index >= 15 is 0 Å². The van der Waals surface area contributed by atoms with Gasteiger partial charge >= 0.3 is 11.7 Å². The first kappa shape index (κ1) is 37.9. The molecule has 0 radical (unpaired) electrons. The minimum absolute atomic E-state index is 0.0164. The van der Waals surface area contributed by atoms with Gasteiger partial charge in [0.05, 0.1) is 27.8 Å². The molecule has 1 fully saturated rings. The molecule has 7 nitrogen and oxygen atoms in total. The molecule has 0 bridgehead atoms. The van der Waals surface area contributed by atoms with Crippen molar-refractivity contribution in [3.8, 4) is 28.0 Å². The van der Waals surface area contributed by atoms with Crippen LogP contribution in [0, 0.1) is 22.0 Å². The van der Waals surface area contributed by atoms with Crippen LogP contribution in [0.15, 0.2) is 54.6 Å². The molecule has 266 valence electrons. The van der Waals surface area contributed by atoms with E-state index in [-0.39, 0.29) is 28.7 Å². The largest absolute Gasteiger partial charge is 0.483 e. The van der Waals surface area contributed by atoms with E-state index in [9.17, 15) is 20.0 Å². The monoisotopic (exact) mass is 670 g/mol. The molecule has 0 spiro atoms. The lowest BCUT2D eigenvalue weighted by Crippen LogP contribution is -2.15. The minimum atomic E-state index is -1.32. The van der Waals surface area contributed by atoms with E-state index in [1.807, 2.05) is 31.2 Å². The quantitative estimate of drug-likeness (QED) is 0.0535. The SMILES string of the molecule is CCCCCC[C@@H](C)Oc1c([N+](=O)[O-])cc(C(=O)O)c(N)c1-c1ccc(-c2ccc(CCCC[C@H]3CC[C@H](CCCCC)CC3)cc2)cc1. The molecule has 1 aliphatic carbocycles. The lowest BCUT2D eigenvalue weighted by molar-refractivity contribution is -0.386. The number of anilines is 1. The van der Waals surface area contributed by atoms with Crippen molar-refractivity contribution in [2.24, 2.45) is 11.8 Å². The molecule has 1 saturated carbocycles. The number of benzene rings is 3. The summed E-state index contributed by atoms with van der Waals surface area (Å²) in [6, 6.07) is 17.3. The third kappa shape index (κ3) is 11.1. The number of carboxylic acids is 1. The number of unbranched alkanes of at least 4 members (excludes halogenated alkanes) is 6. The molecule has 49 heavy (non-hydrogen) atoms. The van der Waals surface area contributed by atoms with E-state index in [1.54, 1.807) is 0 Å². The topological polar surface area (TPSA) is 116 Å². The van der Waals surface area contributed by atoms with Crippen LogP contribution in [0.25, 0.3) is 22.3 Å². The summed E-state index contributed by atoms with van der Waals surface area (Å²) in [7, 11) is 0. The zero-order valence-electron chi connectivity index (χ0n) is 30.1. The number of carboxylic acid groups (broad SMARTS) is 1. The van der Waals surface area contributed by atoms with Crippen molar-refractivity contribution < 1.29 is 19.6 Å². The number of rotatable bonds is 20. The molecule has 3 aromatic rings. The van der Waals surface area contributed by atoms with E-state index in [0.29, 0.717) is 5.56 Å². The third-order valence-corrected chi connectivity index (χ3v) is 10.5. The highest BCUT2D eigenvalue weighted by atomic mass is 16.6. The van der Waals surface area contributed by atoms with Crippen LogP contribution < -0.4 is 10.5 Å². The number of nitrogens with two attached hydrogens (primary N) is 1. The maximum Gasteiger partial charge on any atom is 0.338 e. The Balaban J connectivity index is 1.40. The first-order valence-corrected chi connectivity index (χ1v) is 18.9. The second kappa shape index (κ2) is 19.4. The van der Waals surface area contributed by atoms with Crippen LogP contribution in [0.3, 0.4) is 0 Å². The predicted molar refractivity (Wildman–Crippen MR) is 201 cm³/mol. The fourth-order valence-corrected chi connectivity index (χ4v) is 7.45. The van der Waals surface area contributed by atoms with E-state index in [2.05, 4.69) is 38.1 Å². The van der Waals surface area contributed by atoms with Gasteiger partial charge in [0.1, 0.15) is 0 Å².